The van der Waals surface area contributed by atoms with Gasteiger partial charge in [0.05, 0.1) is 23.8 Å². The second-order valence-electron chi connectivity index (χ2n) is 6.72. The molecule has 4 aromatic rings. The Morgan fingerprint density at radius 1 is 1.06 bits per heavy atom. The summed E-state index contributed by atoms with van der Waals surface area (Å²) in [6.45, 7) is 0. The van der Waals surface area contributed by atoms with Crippen molar-refractivity contribution in [1.29, 1.82) is 0 Å². The van der Waals surface area contributed by atoms with Crippen molar-refractivity contribution in [2.75, 3.05) is 7.11 Å². The fourth-order valence-corrected chi connectivity index (χ4v) is 3.01. The van der Waals surface area contributed by atoms with Crippen molar-refractivity contribution in [3.63, 3.8) is 0 Å². The molecule has 13 heteroatoms. The smallest absolute Gasteiger partial charge is 0.274 e. The number of fused-ring (bicyclic) bond motifs is 1. The van der Waals surface area contributed by atoms with E-state index in [1.165, 1.54) is 25.3 Å². The summed E-state index contributed by atoms with van der Waals surface area (Å²) in [4.78, 5) is 18.2. The number of hydrogen-bond acceptors (Lipinski definition) is 7. The van der Waals surface area contributed by atoms with E-state index in [-0.39, 0.29) is 33.8 Å². The van der Waals surface area contributed by atoms with Crippen LogP contribution >= 0.6 is 0 Å². The van der Waals surface area contributed by atoms with Crippen LogP contribution in [-0.2, 0) is 0 Å². The Morgan fingerprint density at radius 3 is 2.32 bits per heavy atom. The highest BCUT2D eigenvalue weighted by Gasteiger charge is 2.29. The number of hydrogen-bond donors (Lipinski definition) is 1. The normalized spacial score (nSPS) is 11.5. The van der Waals surface area contributed by atoms with Gasteiger partial charge in [0.2, 0.25) is 11.7 Å². The van der Waals surface area contributed by atoms with Crippen LogP contribution in [0.1, 0.15) is 5.56 Å². The summed E-state index contributed by atoms with van der Waals surface area (Å²) in [7, 11) is 1.21. The lowest BCUT2D eigenvalue weighted by molar-refractivity contribution is -0.385. The number of methoxy groups -OCH3 is 1. The van der Waals surface area contributed by atoms with Crippen LogP contribution in [0.3, 0.4) is 0 Å². The zero-order chi connectivity index (χ0) is 24.7. The third kappa shape index (κ3) is 3.76. The molecule has 0 bridgehead atoms. The highest BCUT2D eigenvalue weighted by atomic mass is 19.2. The molecule has 0 aliphatic rings. The summed E-state index contributed by atoms with van der Waals surface area (Å²) >= 11 is 0. The number of halogens is 5. The van der Waals surface area contributed by atoms with Gasteiger partial charge in [0.1, 0.15) is 11.1 Å². The van der Waals surface area contributed by atoms with Gasteiger partial charge in [-0.3, -0.25) is 15.1 Å². The van der Waals surface area contributed by atoms with Crippen LogP contribution in [0.15, 0.2) is 39.7 Å². The van der Waals surface area contributed by atoms with Crippen molar-refractivity contribution in [3.8, 4) is 23.0 Å². The highest BCUT2D eigenvalue weighted by Crippen LogP contribution is 2.35. The molecule has 0 saturated carbocycles. The first kappa shape index (κ1) is 22.6. The molecule has 0 aliphatic carbocycles. The lowest BCUT2D eigenvalue weighted by atomic mass is 10.1. The number of phenolic OH excluding ortho intramolecular Hbond substituents is 1. The average Bonchev–Trinajstić information content (AvgIpc) is 3.23. The van der Waals surface area contributed by atoms with Crippen molar-refractivity contribution in [3.05, 3.63) is 75.1 Å². The van der Waals surface area contributed by atoms with Crippen molar-refractivity contribution >= 4 is 28.7 Å². The molecule has 1 heterocycles. The zero-order valence-electron chi connectivity index (χ0n) is 16.8. The van der Waals surface area contributed by atoms with Crippen molar-refractivity contribution in [2.24, 2.45) is 4.99 Å². The molecular formula is C21H10F5N3O5. The molecule has 0 spiro atoms. The molecule has 0 amide bonds. The summed E-state index contributed by atoms with van der Waals surface area (Å²) in [5.41, 5.74) is -1.66. The standard InChI is InChI=1S/C21H10F5N3O5/c1-33-13-6-10(29(31)32)4-8(20(13)30)7-27-9-2-3-12-11(5-9)28-21(34-12)14-15(22)17(24)19(26)18(25)16(14)23/h2-7,30H,1H3. The van der Waals surface area contributed by atoms with Gasteiger partial charge in [0.15, 0.2) is 40.4 Å². The van der Waals surface area contributed by atoms with Crippen LogP contribution in [0.4, 0.5) is 33.3 Å². The summed E-state index contributed by atoms with van der Waals surface area (Å²) in [6, 6.07) is 5.97. The average molecular weight is 479 g/mol. The van der Waals surface area contributed by atoms with E-state index in [0.29, 0.717) is 0 Å². The van der Waals surface area contributed by atoms with Gasteiger partial charge in [0, 0.05) is 17.8 Å². The van der Waals surface area contributed by atoms with E-state index < -0.39 is 51.2 Å². The maximum absolute atomic E-state index is 14.1. The van der Waals surface area contributed by atoms with Crippen LogP contribution in [0.2, 0.25) is 0 Å². The van der Waals surface area contributed by atoms with Gasteiger partial charge in [-0.25, -0.2) is 26.9 Å². The number of aliphatic imine (C=N–C) groups is 1. The predicted octanol–water partition coefficient (Wildman–Crippen LogP) is 5.56. The molecule has 3 aromatic carbocycles. The Hall–Kier alpha value is -4.55. The van der Waals surface area contributed by atoms with Gasteiger partial charge in [-0.1, -0.05) is 0 Å². The second-order valence-corrected chi connectivity index (χ2v) is 6.72. The number of nitro benzene ring substituents is 1. The Balaban J connectivity index is 1.75. The minimum absolute atomic E-state index is 0.0329. The number of benzene rings is 3. The summed E-state index contributed by atoms with van der Waals surface area (Å²) in [5, 5.41) is 21.2. The van der Waals surface area contributed by atoms with Gasteiger partial charge in [-0.15, -0.1) is 0 Å². The third-order valence-corrected chi connectivity index (χ3v) is 4.67. The number of nitro groups is 1. The monoisotopic (exact) mass is 479 g/mol. The van der Waals surface area contributed by atoms with Crippen LogP contribution in [0, 0.1) is 39.2 Å². The maximum Gasteiger partial charge on any atom is 0.274 e. The molecular weight excluding hydrogens is 469 g/mol. The molecule has 0 fully saturated rings. The summed E-state index contributed by atoms with van der Waals surface area (Å²) < 4.78 is 78.5. The molecule has 4 rings (SSSR count). The van der Waals surface area contributed by atoms with E-state index in [2.05, 4.69) is 9.98 Å². The van der Waals surface area contributed by atoms with Gasteiger partial charge in [0.25, 0.3) is 5.69 Å². The van der Waals surface area contributed by atoms with Gasteiger partial charge < -0.3 is 14.3 Å². The van der Waals surface area contributed by atoms with Crippen molar-refractivity contribution in [2.45, 2.75) is 0 Å². The van der Waals surface area contributed by atoms with E-state index in [0.717, 1.165) is 18.3 Å². The first-order valence-corrected chi connectivity index (χ1v) is 9.14. The van der Waals surface area contributed by atoms with Crippen LogP contribution in [0.25, 0.3) is 22.6 Å². The Kier molecular flexibility index (Phi) is 5.61. The molecule has 0 radical (unpaired) electrons. The minimum Gasteiger partial charge on any atom is -0.504 e. The molecule has 0 saturated heterocycles. The number of non-ortho nitro benzene ring substituents is 1. The van der Waals surface area contributed by atoms with Crippen LogP contribution < -0.4 is 4.74 Å². The number of aromatic nitrogens is 1. The van der Waals surface area contributed by atoms with E-state index in [4.69, 9.17) is 9.15 Å². The number of ether oxygens (including phenoxy) is 1. The maximum atomic E-state index is 14.1. The lowest BCUT2D eigenvalue weighted by Crippen LogP contribution is -2.04. The third-order valence-electron chi connectivity index (χ3n) is 4.67. The quantitative estimate of drug-likeness (QED) is 0.100. The van der Waals surface area contributed by atoms with Gasteiger partial charge >= 0.3 is 0 Å². The number of oxazole rings is 1. The molecule has 0 unspecified atom stereocenters. The fourth-order valence-electron chi connectivity index (χ4n) is 3.01. The molecule has 1 aromatic heterocycles. The Bertz CT molecular complexity index is 1470. The second kappa shape index (κ2) is 8.42. The predicted molar refractivity (Wildman–Crippen MR) is 108 cm³/mol. The van der Waals surface area contributed by atoms with Crippen LogP contribution in [-0.4, -0.2) is 28.3 Å². The first-order valence-electron chi connectivity index (χ1n) is 9.14. The van der Waals surface area contributed by atoms with E-state index in [1.807, 2.05) is 0 Å². The van der Waals surface area contributed by atoms with Gasteiger partial charge in [-0.05, 0) is 18.2 Å². The molecule has 1 N–H and O–H groups in total. The van der Waals surface area contributed by atoms with Crippen molar-refractivity contribution < 1.29 is 41.1 Å². The first-order chi connectivity index (χ1) is 16.1. The molecule has 34 heavy (non-hydrogen) atoms. The summed E-state index contributed by atoms with van der Waals surface area (Å²) in [6.07, 6.45) is 1.09. The number of aromatic hydroxyl groups is 1. The minimum atomic E-state index is -2.31. The molecule has 8 nitrogen and oxygen atoms in total. The number of phenols is 1. The molecule has 0 aliphatic heterocycles. The van der Waals surface area contributed by atoms with E-state index in [9.17, 15) is 37.2 Å². The fraction of sp³-hybridized carbons (Fsp3) is 0.0476. The SMILES string of the molecule is COc1cc([N+](=O)[O-])cc(C=Nc2ccc3oc(-c4c(F)c(F)c(F)c(F)c4F)nc3c2)c1O. The van der Waals surface area contributed by atoms with Gasteiger partial charge in [-0.2, -0.15) is 0 Å². The molecule has 0 atom stereocenters. The Morgan fingerprint density at radius 2 is 1.71 bits per heavy atom. The molecule has 174 valence electrons. The number of nitrogens with zero attached hydrogens (tertiary/aromatic N) is 3. The lowest BCUT2D eigenvalue weighted by Gasteiger charge is -2.05. The number of rotatable bonds is 5. The Labute approximate surface area is 185 Å². The topological polar surface area (TPSA) is 111 Å². The summed E-state index contributed by atoms with van der Waals surface area (Å²) in [5.74, 6) is -12.2. The zero-order valence-corrected chi connectivity index (χ0v) is 16.8. The van der Waals surface area contributed by atoms with Crippen LogP contribution in [0.5, 0.6) is 11.5 Å². The van der Waals surface area contributed by atoms with Crippen molar-refractivity contribution in [1.82, 2.24) is 4.98 Å². The van der Waals surface area contributed by atoms with E-state index in [1.54, 1.807) is 0 Å². The van der Waals surface area contributed by atoms with E-state index >= 15 is 0 Å². The largest absolute Gasteiger partial charge is 0.504 e. The highest BCUT2D eigenvalue weighted by molar-refractivity contribution is 5.89.